The van der Waals surface area contributed by atoms with Crippen LogP contribution in [0.1, 0.15) is 22.3 Å². The minimum atomic E-state index is -0.431. The predicted octanol–water partition coefficient (Wildman–Crippen LogP) is 5.57. The molecule has 0 spiro atoms. The van der Waals surface area contributed by atoms with Gasteiger partial charge in [-0.15, -0.1) is 0 Å². The molecule has 5 nitrogen and oxygen atoms in total. The summed E-state index contributed by atoms with van der Waals surface area (Å²) >= 11 is 3.51. The molecule has 0 saturated heterocycles. The van der Waals surface area contributed by atoms with Gasteiger partial charge in [-0.05, 0) is 69.9 Å². The summed E-state index contributed by atoms with van der Waals surface area (Å²) < 4.78 is 11.8. The Morgan fingerprint density at radius 3 is 2.53 bits per heavy atom. The first-order chi connectivity index (χ1) is 15.5. The molecule has 0 aliphatic carbocycles. The predicted molar refractivity (Wildman–Crippen MR) is 128 cm³/mol. The van der Waals surface area contributed by atoms with Crippen molar-refractivity contribution in [3.05, 3.63) is 99.0 Å². The van der Waals surface area contributed by atoms with Crippen molar-refractivity contribution in [1.29, 1.82) is 5.26 Å². The number of nitrogens with one attached hydrogen (secondary N) is 1. The van der Waals surface area contributed by atoms with E-state index in [1.165, 1.54) is 5.56 Å². The maximum Gasteiger partial charge on any atom is 0.262 e. The lowest BCUT2D eigenvalue weighted by molar-refractivity contribution is -0.117. The molecule has 0 aromatic heterocycles. The van der Waals surface area contributed by atoms with Crippen LogP contribution in [0.2, 0.25) is 0 Å². The third kappa shape index (κ3) is 6.47. The van der Waals surface area contributed by atoms with Gasteiger partial charge < -0.3 is 14.8 Å². The highest BCUT2D eigenvalue weighted by Gasteiger charge is 2.10. The van der Waals surface area contributed by atoms with E-state index in [2.05, 4.69) is 27.3 Å². The normalized spacial score (nSPS) is 10.9. The van der Waals surface area contributed by atoms with Crippen LogP contribution in [-0.2, 0) is 17.9 Å². The Hall–Kier alpha value is -3.56. The van der Waals surface area contributed by atoms with Gasteiger partial charge in [0, 0.05) is 6.54 Å². The standard InChI is InChI=1S/C26H23BrN2O3/c1-18-4-3-5-21(12-18)17-32-25-11-8-20(14-24(25)27)13-22(15-28)26(30)29-16-19-6-9-23(31-2)10-7-19/h3-14H,16-17H2,1-2H3,(H,29,30)/b22-13-. The van der Waals surface area contributed by atoms with Gasteiger partial charge in [0.1, 0.15) is 29.7 Å². The highest BCUT2D eigenvalue weighted by molar-refractivity contribution is 9.10. The van der Waals surface area contributed by atoms with Crippen molar-refractivity contribution in [3.8, 4) is 17.6 Å². The van der Waals surface area contributed by atoms with E-state index in [0.717, 1.165) is 26.9 Å². The number of carbonyl (C=O) groups is 1. The molecule has 1 amide bonds. The zero-order valence-corrected chi connectivity index (χ0v) is 19.5. The first-order valence-electron chi connectivity index (χ1n) is 9.99. The number of rotatable bonds is 8. The molecule has 0 aliphatic rings. The number of nitriles is 1. The van der Waals surface area contributed by atoms with E-state index < -0.39 is 5.91 Å². The Bertz CT molecular complexity index is 1160. The average Bonchev–Trinajstić information content (AvgIpc) is 2.80. The zero-order chi connectivity index (χ0) is 22.9. The van der Waals surface area contributed by atoms with Crippen molar-refractivity contribution in [2.24, 2.45) is 0 Å². The van der Waals surface area contributed by atoms with Crippen LogP contribution in [-0.4, -0.2) is 13.0 Å². The lowest BCUT2D eigenvalue weighted by atomic mass is 10.1. The molecule has 0 saturated carbocycles. The fourth-order valence-electron chi connectivity index (χ4n) is 3.02. The molecule has 0 heterocycles. The number of aryl methyl sites for hydroxylation is 1. The molecule has 6 heteroatoms. The molecule has 0 atom stereocenters. The summed E-state index contributed by atoms with van der Waals surface area (Å²) in [6, 6.07) is 22.9. The number of benzene rings is 3. The van der Waals surface area contributed by atoms with Crippen LogP contribution in [0.4, 0.5) is 0 Å². The van der Waals surface area contributed by atoms with Crippen LogP contribution >= 0.6 is 15.9 Å². The molecular weight excluding hydrogens is 468 g/mol. The van der Waals surface area contributed by atoms with Gasteiger partial charge in [-0.2, -0.15) is 5.26 Å². The molecule has 162 valence electrons. The summed E-state index contributed by atoms with van der Waals surface area (Å²) in [7, 11) is 1.60. The number of halogens is 1. The van der Waals surface area contributed by atoms with E-state index in [4.69, 9.17) is 9.47 Å². The highest BCUT2D eigenvalue weighted by Crippen LogP contribution is 2.28. The third-order valence-electron chi connectivity index (χ3n) is 4.72. The van der Waals surface area contributed by atoms with Crippen LogP contribution in [0.5, 0.6) is 11.5 Å². The number of hydrogen-bond acceptors (Lipinski definition) is 4. The van der Waals surface area contributed by atoms with E-state index in [9.17, 15) is 10.1 Å². The van der Waals surface area contributed by atoms with Crippen molar-refractivity contribution in [3.63, 3.8) is 0 Å². The Balaban J connectivity index is 1.63. The van der Waals surface area contributed by atoms with Gasteiger partial charge in [-0.1, -0.05) is 48.0 Å². The Kier molecular flexibility index (Phi) is 8.07. The Morgan fingerprint density at radius 1 is 1.09 bits per heavy atom. The molecule has 0 aliphatic heterocycles. The number of methoxy groups -OCH3 is 1. The average molecular weight is 491 g/mol. The Morgan fingerprint density at radius 2 is 1.88 bits per heavy atom. The fourth-order valence-corrected chi connectivity index (χ4v) is 3.53. The van der Waals surface area contributed by atoms with Crippen molar-refractivity contribution < 1.29 is 14.3 Å². The van der Waals surface area contributed by atoms with Crippen LogP contribution in [0.15, 0.2) is 76.8 Å². The van der Waals surface area contributed by atoms with Crippen LogP contribution < -0.4 is 14.8 Å². The molecule has 0 radical (unpaired) electrons. The summed E-state index contributed by atoms with van der Waals surface area (Å²) in [4.78, 5) is 12.5. The SMILES string of the molecule is COc1ccc(CNC(=O)/C(C#N)=C\c2ccc(OCc3cccc(C)c3)c(Br)c2)cc1. The topological polar surface area (TPSA) is 71.3 Å². The molecule has 0 unspecified atom stereocenters. The second kappa shape index (κ2) is 11.2. The largest absolute Gasteiger partial charge is 0.497 e. The summed E-state index contributed by atoms with van der Waals surface area (Å²) in [5.41, 5.74) is 3.92. The van der Waals surface area contributed by atoms with Gasteiger partial charge in [0.05, 0.1) is 11.6 Å². The molecule has 3 aromatic rings. The smallest absolute Gasteiger partial charge is 0.262 e. The van der Waals surface area contributed by atoms with E-state index >= 15 is 0 Å². The van der Waals surface area contributed by atoms with Gasteiger partial charge in [-0.25, -0.2) is 0 Å². The van der Waals surface area contributed by atoms with Crippen LogP contribution in [0.25, 0.3) is 6.08 Å². The second-order valence-electron chi connectivity index (χ2n) is 7.17. The van der Waals surface area contributed by atoms with Crippen LogP contribution in [0, 0.1) is 18.3 Å². The molecular formula is C26H23BrN2O3. The number of carbonyl (C=O) groups excluding carboxylic acids is 1. The van der Waals surface area contributed by atoms with Gasteiger partial charge in [0.15, 0.2) is 0 Å². The maximum absolute atomic E-state index is 12.5. The number of amides is 1. The summed E-state index contributed by atoms with van der Waals surface area (Å²) in [6.45, 7) is 2.81. The summed E-state index contributed by atoms with van der Waals surface area (Å²) in [6.07, 6.45) is 1.55. The zero-order valence-electron chi connectivity index (χ0n) is 17.9. The van der Waals surface area contributed by atoms with Gasteiger partial charge >= 0.3 is 0 Å². The number of hydrogen-bond donors (Lipinski definition) is 1. The van der Waals surface area contributed by atoms with E-state index in [0.29, 0.717) is 18.9 Å². The number of nitrogens with zero attached hydrogens (tertiary/aromatic N) is 1. The monoisotopic (exact) mass is 490 g/mol. The van der Waals surface area contributed by atoms with Crippen LogP contribution in [0.3, 0.4) is 0 Å². The minimum Gasteiger partial charge on any atom is -0.497 e. The molecule has 32 heavy (non-hydrogen) atoms. The molecule has 1 N–H and O–H groups in total. The lowest BCUT2D eigenvalue weighted by Crippen LogP contribution is -2.23. The van der Waals surface area contributed by atoms with Crippen molar-refractivity contribution in [1.82, 2.24) is 5.32 Å². The molecule has 0 bridgehead atoms. The second-order valence-corrected chi connectivity index (χ2v) is 8.02. The third-order valence-corrected chi connectivity index (χ3v) is 5.34. The van der Waals surface area contributed by atoms with E-state index in [1.54, 1.807) is 13.2 Å². The molecule has 0 fully saturated rings. The number of ether oxygens (including phenoxy) is 2. The Labute approximate surface area is 196 Å². The first-order valence-corrected chi connectivity index (χ1v) is 10.8. The fraction of sp³-hybridized carbons (Fsp3) is 0.154. The molecule has 3 aromatic carbocycles. The van der Waals surface area contributed by atoms with Gasteiger partial charge in [0.2, 0.25) is 0 Å². The summed E-state index contributed by atoms with van der Waals surface area (Å²) in [5, 5.41) is 12.2. The van der Waals surface area contributed by atoms with Crippen molar-refractivity contribution in [2.45, 2.75) is 20.1 Å². The quantitative estimate of drug-likeness (QED) is 0.331. The first kappa shape index (κ1) is 23.1. The summed E-state index contributed by atoms with van der Waals surface area (Å²) in [5.74, 6) is 1.000. The van der Waals surface area contributed by atoms with Crippen molar-refractivity contribution >= 4 is 27.9 Å². The lowest BCUT2D eigenvalue weighted by Gasteiger charge is -2.10. The van der Waals surface area contributed by atoms with E-state index in [1.807, 2.05) is 73.7 Å². The van der Waals surface area contributed by atoms with Gasteiger partial charge in [0.25, 0.3) is 5.91 Å². The minimum absolute atomic E-state index is 0.0267. The highest BCUT2D eigenvalue weighted by atomic mass is 79.9. The van der Waals surface area contributed by atoms with Gasteiger partial charge in [-0.3, -0.25) is 4.79 Å². The van der Waals surface area contributed by atoms with E-state index in [-0.39, 0.29) is 5.57 Å². The molecule has 3 rings (SSSR count). The maximum atomic E-state index is 12.5. The van der Waals surface area contributed by atoms with Crippen molar-refractivity contribution in [2.75, 3.05) is 7.11 Å².